The third kappa shape index (κ3) is 4.14. The van der Waals surface area contributed by atoms with Crippen LogP contribution in [0.5, 0.6) is 11.5 Å². The van der Waals surface area contributed by atoms with Crippen LogP contribution in [0.4, 0.5) is 10.1 Å². The number of benzene rings is 2. The maximum absolute atomic E-state index is 13.5. The van der Waals surface area contributed by atoms with Gasteiger partial charge in [-0.3, -0.25) is 4.79 Å². The molecule has 3 heterocycles. The van der Waals surface area contributed by atoms with Crippen LogP contribution in [-0.4, -0.2) is 42.2 Å². The lowest BCUT2D eigenvalue weighted by Crippen LogP contribution is -2.30. The number of sulfonamides is 1. The second-order valence-corrected chi connectivity index (χ2v) is 10.6. The van der Waals surface area contributed by atoms with Crippen LogP contribution >= 0.6 is 22.9 Å². The molecule has 9 nitrogen and oxygen atoms in total. The number of amides is 1. The van der Waals surface area contributed by atoms with E-state index in [2.05, 4.69) is 15.5 Å². The van der Waals surface area contributed by atoms with Crippen LogP contribution in [0, 0.1) is 5.82 Å². The summed E-state index contributed by atoms with van der Waals surface area (Å²) in [6.45, 7) is 0.387. The number of carbonyl (C=O) groups is 1. The molecule has 0 saturated carbocycles. The van der Waals surface area contributed by atoms with E-state index >= 15 is 0 Å². The molecular formula is C20H16ClFN4O5S2. The fraction of sp³-hybridized carbons (Fsp3) is 0.250. The summed E-state index contributed by atoms with van der Waals surface area (Å²) in [5, 5.41) is 11.0. The van der Waals surface area contributed by atoms with Gasteiger partial charge in [0, 0.05) is 18.3 Å². The second-order valence-electron chi connectivity index (χ2n) is 7.32. The van der Waals surface area contributed by atoms with Gasteiger partial charge in [0.1, 0.15) is 10.8 Å². The Bertz CT molecular complexity index is 1350. The van der Waals surface area contributed by atoms with Crippen molar-refractivity contribution >= 4 is 44.6 Å². The number of aromatic nitrogens is 2. The highest BCUT2D eigenvalue weighted by atomic mass is 35.5. The van der Waals surface area contributed by atoms with Crippen LogP contribution in [0.2, 0.25) is 5.02 Å². The van der Waals surface area contributed by atoms with E-state index in [0.717, 1.165) is 23.5 Å². The first-order valence-corrected chi connectivity index (χ1v) is 12.5. The van der Waals surface area contributed by atoms with Crippen molar-refractivity contribution in [2.24, 2.45) is 0 Å². The summed E-state index contributed by atoms with van der Waals surface area (Å²) in [5.74, 6) is -0.0548. The quantitative estimate of drug-likeness (QED) is 0.555. The van der Waals surface area contributed by atoms with Gasteiger partial charge in [-0.05, 0) is 43.2 Å². The first kappa shape index (κ1) is 22.0. The first-order chi connectivity index (χ1) is 15.8. The summed E-state index contributed by atoms with van der Waals surface area (Å²) >= 11 is 6.80. The normalized spacial score (nSPS) is 17.9. The lowest BCUT2D eigenvalue weighted by molar-refractivity contribution is 0.102. The van der Waals surface area contributed by atoms with E-state index in [-0.39, 0.29) is 28.3 Å². The van der Waals surface area contributed by atoms with Gasteiger partial charge in [-0.15, -0.1) is 10.2 Å². The van der Waals surface area contributed by atoms with Crippen molar-refractivity contribution in [1.82, 2.24) is 14.5 Å². The zero-order valence-corrected chi connectivity index (χ0v) is 19.2. The molecule has 3 aromatic rings. The van der Waals surface area contributed by atoms with Gasteiger partial charge >= 0.3 is 0 Å². The van der Waals surface area contributed by atoms with E-state index in [4.69, 9.17) is 21.1 Å². The fourth-order valence-corrected chi connectivity index (χ4v) is 6.55. The van der Waals surface area contributed by atoms with Gasteiger partial charge in [0.2, 0.25) is 21.8 Å². The Hall–Kier alpha value is -2.80. The second kappa shape index (κ2) is 8.52. The number of anilines is 1. The molecule has 1 fully saturated rings. The molecule has 2 aliphatic rings. The van der Waals surface area contributed by atoms with Crippen LogP contribution in [0.15, 0.2) is 41.3 Å². The summed E-state index contributed by atoms with van der Waals surface area (Å²) in [7, 11) is -3.95. The summed E-state index contributed by atoms with van der Waals surface area (Å²) in [4.78, 5) is 12.5. The number of fused-ring (bicyclic) bond motifs is 1. The largest absolute Gasteiger partial charge is 0.454 e. The topological polar surface area (TPSA) is 111 Å². The van der Waals surface area contributed by atoms with Gasteiger partial charge < -0.3 is 14.8 Å². The summed E-state index contributed by atoms with van der Waals surface area (Å²) < 4.78 is 51.7. The van der Waals surface area contributed by atoms with E-state index in [0.29, 0.717) is 35.0 Å². The zero-order valence-electron chi connectivity index (χ0n) is 16.8. The van der Waals surface area contributed by atoms with Crippen LogP contribution in [0.25, 0.3) is 0 Å². The SMILES string of the molecule is O=C(Nc1ccc2c(c1)OCO2)c1nnc([C@H]2CCCN2S(=O)(=O)c2ccc(F)c(Cl)c2)s1. The Kier molecular flexibility index (Phi) is 5.69. The third-order valence-corrected chi connectivity index (χ3v) is 8.47. The predicted molar refractivity (Wildman–Crippen MR) is 118 cm³/mol. The minimum absolute atomic E-state index is 0.0942. The average Bonchev–Trinajstić information content (AvgIpc) is 3.54. The van der Waals surface area contributed by atoms with E-state index in [1.54, 1.807) is 18.2 Å². The van der Waals surface area contributed by atoms with Crippen LogP contribution in [0.3, 0.4) is 0 Å². The maximum Gasteiger partial charge on any atom is 0.286 e. The number of halogens is 2. The standard InChI is InChI=1S/C20H16ClFN4O5S2/c21-13-9-12(4-5-14(13)22)33(28,29)26-7-1-2-15(26)19-24-25-20(32-19)18(27)23-11-3-6-16-17(8-11)31-10-30-16/h3-6,8-9,15H,1-2,7,10H2,(H,23,27)/t15-/m1/s1. The molecule has 0 bridgehead atoms. The number of nitrogens with zero attached hydrogens (tertiary/aromatic N) is 3. The number of rotatable bonds is 5. The van der Waals surface area contributed by atoms with Crippen molar-refractivity contribution in [2.45, 2.75) is 23.8 Å². The summed E-state index contributed by atoms with van der Waals surface area (Å²) in [6.07, 6.45) is 1.13. The summed E-state index contributed by atoms with van der Waals surface area (Å²) in [6, 6.07) is 7.70. The van der Waals surface area contributed by atoms with Crippen molar-refractivity contribution in [3.63, 3.8) is 0 Å². The molecule has 1 aromatic heterocycles. The van der Waals surface area contributed by atoms with Crippen LogP contribution in [-0.2, 0) is 10.0 Å². The molecule has 0 spiro atoms. The molecule has 0 unspecified atom stereocenters. The number of nitrogens with one attached hydrogen (secondary N) is 1. The smallest absolute Gasteiger partial charge is 0.286 e. The number of ether oxygens (including phenoxy) is 2. The Morgan fingerprint density at radius 2 is 2.00 bits per heavy atom. The highest BCUT2D eigenvalue weighted by molar-refractivity contribution is 7.89. The monoisotopic (exact) mass is 510 g/mol. The Balaban J connectivity index is 1.35. The molecule has 13 heteroatoms. The lowest BCUT2D eigenvalue weighted by Gasteiger charge is -2.22. The van der Waals surface area contributed by atoms with Gasteiger partial charge in [-0.1, -0.05) is 22.9 Å². The van der Waals surface area contributed by atoms with Crippen molar-refractivity contribution in [3.8, 4) is 11.5 Å². The Morgan fingerprint density at radius 3 is 2.82 bits per heavy atom. The predicted octanol–water partition coefficient (Wildman–Crippen LogP) is 3.84. The molecule has 0 aliphatic carbocycles. The first-order valence-electron chi connectivity index (χ1n) is 9.84. The van der Waals surface area contributed by atoms with E-state index in [9.17, 15) is 17.6 Å². The number of hydrogen-bond donors (Lipinski definition) is 1. The van der Waals surface area contributed by atoms with Gasteiger partial charge in [-0.25, -0.2) is 12.8 Å². The fourth-order valence-electron chi connectivity index (χ4n) is 3.67. The van der Waals surface area contributed by atoms with Gasteiger partial charge in [0.15, 0.2) is 11.5 Å². The average molecular weight is 511 g/mol. The van der Waals surface area contributed by atoms with Crippen LogP contribution in [0.1, 0.15) is 33.7 Å². The number of carbonyl (C=O) groups excluding carboxylic acids is 1. The molecular weight excluding hydrogens is 495 g/mol. The van der Waals surface area contributed by atoms with Crippen molar-refractivity contribution in [3.05, 3.63) is 57.3 Å². The van der Waals surface area contributed by atoms with Crippen molar-refractivity contribution in [2.75, 3.05) is 18.7 Å². The Labute approximate surface area is 197 Å². The molecule has 1 saturated heterocycles. The highest BCUT2D eigenvalue weighted by Gasteiger charge is 2.38. The minimum atomic E-state index is -3.95. The highest BCUT2D eigenvalue weighted by Crippen LogP contribution is 2.39. The van der Waals surface area contributed by atoms with Crippen molar-refractivity contribution < 1.29 is 27.1 Å². The van der Waals surface area contributed by atoms with Gasteiger partial charge in [-0.2, -0.15) is 4.31 Å². The van der Waals surface area contributed by atoms with E-state index < -0.39 is 27.8 Å². The molecule has 2 aromatic carbocycles. The molecule has 1 atom stereocenters. The third-order valence-electron chi connectivity index (χ3n) is 5.25. The zero-order chi connectivity index (χ0) is 23.2. The molecule has 1 amide bonds. The lowest BCUT2D eigenvalue weighted by atomic mass is 10.2. The molecule has 1 N–H and O–H groups in total. The molecule has 172 valence electrons. The van der Waals surface area contributed by atoms with Crippen molar-refractivity contribution in [1.29, 1.82) is 0 Å². The van der Waals surface area contributed by atoms with Gasteiger partial charge in [0.25, 0.3) is 5.91 Å². The van der Waals surface area contributed by atoms with Gasteiger partial charge in [0.05, 0.1) is 16.0 Å². The van der Waals surface area contributed by atoms with E-state index in [1.165, 1.54) is 10.4 Å². The molecule has 5 rings (SSSR count). The van der Waals surface area contributed by atoms with E-state index in [1.807, 2.05) is 0 Å². The minimum Gasteiger partial charge on any atom is -0.454 e. The van der Waals surface area contributed by atoms with Crippen LogP contribution < -0.4 is 14.8 Å². The molecule has 2 aliphatic heterocycles. The molecule has 0 radical (unpaired) electrons. The summed E-state index contributed by atoms with van der Waals surface area (Å²) in [5.41, 5.74) is 0.499. The maximum atomic E-state index is 13.5. The number of hydrogen-bond acceptors (Lipinski definition) is 8. The Morgan fingerprint density at radius 1 is 1.18 bits per heavy atom. The molecule has 33 heavy (non-hydrogen) atoms.